The van der Waals surface area contributed by atoms with Crippen molar-refractivity contribution in [3.63, 3.8) is 0 Å². The van der Waals surface area contributed by atoms with E-state index in [4.69, 9.17) is 4.52 Å². The Kier molecular flexibility index (Phi) is 2.19. The zero-order valence-electron chi connectivity index (χ0n) is 7.83. The lowest BCUT2D eigenvalue weighted by molar-refractivity contribution is 0.413. The van der Waals surface area contributed by atoms with Crippen LogP contribution < -0.4 is 5.32 Å². The molecule has 0 saturated carbocycles. The second kappa shape index (κ2) is 3.21. The van der Waals surface area contributed by atoms with E-state index in [1.807, 2.05) is 11.8 Å². The first-order valence-corrected chi connectivity index (χ1v) is 5.39. The highest BCUT2D eigenvalue weighted by atomic mass is 32.2. The van der Waals surface area contributed by atoms with Gasteiger partial charge < -0.3 is 9.84 Å². The molecule has 4 nitrogen and oxygen atoms in total. The summed E-state index contributed by atoms with van der Waals surface area (Å²) in [6, 6.07) is 0.503. The fourth-order valence-corrected chi connectivity index (χ4v) is 2.74. The molecule has 1 saturated heterocycles. The molecule has 1 aliphatic rings. The topological polar surface area (TPSA) is 51.0 Å². The van der Waals surface area contributed by atoms with Gasteiger partial charge in [-0.05, 0) is 25.5 Å². The fraction of sp³-hybridized carbons (Fsp3) is 0.750. The van der Waals surface area contributed by atoms with Crippen LogP contribution in [-0.4, -0.2) is 22.9 Å². The SMILES string of the molecule is CNc1nc(C2(C)CCCS2)no1. The van der Waals surface area contributed by atoms with Gasteiger partial charge in [-0.25, -0.2) is 0 Å². The van der Waals surface area contributed by atoms with Gasteiger partial charge in [-0.3, -0.25) is 0 Å². The summed E-state index contributed by atoms with van der Waals surface area (Å²) >= 11 is 1.91. The van der Waals surface area contributed by atoms with E-state index in [-0.39, 0.29) is 4.75 Å². The van der Waals surface area contributed by atoms with E-state index in [9.17, 15) is 0 Å². The Morgan fingerprint density at radius 3 is 3.00 bits per heavy atom. The molecule has 1 aliphatic heterocycles. The van der Waals surface area contributed by atoms with E-state index in [1.165, 1.54) is 12.2 Å². The van der Waals surface area contributed by atoms with Crippen LogP contribution in [0.5, 0.6) is 0 Å². The molecule has 1 N–H and O–H groups in total. The third kappa shape index (κ3) is 1.52. The van der Waals surface area contributed by atoms with Crippen molar-refractivity contribution in [2.24, 2.45) is 0 Å². The van der Waals surface area contributed by atoms with Crippen LogP contribution in [0.15, 0.2) is 4.52 Å². The maximum absolute atomic E-state index is 5.01. The summed E-state index contributed by atoms with van der Waals surface area (Å²) < 4.78 is 5.07. The average molecular weight is 199 g/mol. The standard InChI is InChI=1S/C8H13N3OS/c1-8(4-3-5-13-8)6-10-7(9-2)12-11-6/h3-5H2,1-2H3,(H,9,10,11). The normalized spacial score (nSPS) is 27.8. The second-order valence-corrected chi connectivity index (χ2v) is 4.95. The molecule has 1 unspecified atom stereocenters. The third-order valence-corrected chi connectivity index (χ3v) is 3.85. The summed E-state index contributed by atoms with van der Waals surface area (Å²) in [6.45, 7) is 2.18. The van der Waals surface area contributed by atoms with Crippen LogP contribution in [0.3, 0.4) is 0 Å². The zero-order valence-corrected chi connectivity index (χ0v) is 8.65. The predicted octanol–water partition coefficient (Wildman–Crippen LogP) is 1.85. The number of rotatable bonds is 2. The number of hydrogen-bond donors (Lipinski definition) is 1. The van der Waals surface area contributed by atoms with Crippen molar-refractivity contribution in [2.75, 3.05) is 18.1 Å². The van der Waals surface area contributed by atoms with Crippen molar-refractivity contribution in [1.29, 1.82) is 0 Å². The van der Waals surface area contributed by atoms with Crippen LogP contribution in [0.4, 0.5) is 6.01 Å². The second-order valence-electron chi connectivity index (χ2n) is 3.36. The molecule has 5 heteroatoms. The van der Waals surface area contributed by atoms with Crippen LogP contribution >= 0.6 is 11.8 Å². The van der Waals surface area contributed by atoms with Crippen molar-refractivity contribution >= 4 is 17.8 Å². The van der Waals surface area contributed by atoms with Gasteiger partial charge in [0.05, 0.1) is 4.75 Å². The molecular formula is C8H13N3OS. The van der Waals surface area contributed by atoms with Crippen LogP contribution in [-0.2, 0) is 4.75 Å². The minimum Gasteiger partial charge on any atom is -0.341 e. The van der Waals surface area contributed by atoms with Crippen molar-refractivity contribution in [2.45, 2.75) is 24.5 Å². The van der Waals surface area contributed by atoms with Gasteiger partial charge >= 0.3 is 6.01 Å². The molecule has 0 aromatic carbocycles. The van der Waals surface area contributed by atoms with Crippen LogP contribution in [0.2, 0.25) is 0 Å². The maximum Gasteiger partial charge on any atom is 0.321 e. The third-order valence-electron chi connectivity index (χ3n) is 2.33. The van der Waals surface area contributed by atoms with Crippen LogP contribution in [0, 0.1) is 0 Å². The highest BCUT2D eigenvalue weighted by Gasteiger charge is 2.35. The highest BCUT2D eigenvalue weighted by Crippen LogP contribution is 2.44. The lowest BCUT2D eigenvalue weighted by Gasteiger charge is -2.16. The first-order valence-electron chi connectivity index (χ1n) is 4.40. The first-order chi connectivity index (χ1) is 6.24. The summed E-state index contributed by atoms with van der Waals surface area (Å²) in [4.78, 5) is 4.27. The molecule has 72 valence electrons. The van der Waals surface area contributed by atoms with E-state index in [2.05, 4.69) is 22.4 Å². The largest absolute Gasteiger partial charge is 0.341 e. The Morgan fingerprint density at radius 2 is 2.46 bits per heavy atom. The molecule has 1 aromatic heterocycles. The Morgan fingerprint density at radius 1 is 1.62 bits per heavy atom. The fourth-order valence-electron chi connectivity index (χ4n) is 1.50. The van der Waals surface area contributed by atoms with Gasteiger partial charge in [0.15, 0.2) is 5.82 Å². The Bertz CT molecular complexity index is 293. The lowest BCUT2D eigenvalue weighted by Crippen LogP contribution is -2.14. The van der Waals surface area contributed by atoms with Crippen molar-refractivity contribution in [1.82, 2.24) is 10.1 Å². The lowest BCUT2D eigenvalue weighted by atomic mass is 10.1. The summed E-state index contributed by atoms with van der Waals surface area (Å²) in [7, 11) is 1.78. The van der Waals surface area contributed by atoms with Crippen LogP contribution in [0.1, 0.15) is 25.6 Å². The van der Waals surface area contributed by atoms with E-state index >= 15 is 0 Å². The minimum atomic E-state index is 0.0681. The number of hydrogen-bond acceptors (Lipinski definition) is 5. The highest BCUT2D eigenvalue weighted by molar-refractivity contribution is 8.00. The van der Waals surface area contributed by atoms with Gasteiger partial charge in [-0.15, -0.1) is 11.8 Å². The minimum absolute atomic E-state index is 0.0681. The monoisotopic (exact) mass is 199 g/mol. The molecule has 1 fully saturated rings. The van der Waals surface area contributed by atoms with E-state index < -0.39 is 0 Å². The van der Waals surface area contributed by atoms with Gasteiger partial charge in [-0.2, -0.15) is 4.98 Å². The van der Waals surface area contributed by atoms with Crippen molar-refractivity contribution < 1.29 is 4.52 Å². The molecule has 1 atom stereocenters. The van der Waals surface area contributed by atoms with Gasteiger partial charge in [0, 0.05) is 7.05 Å². The summed E-state index contributed by atoms with van der Waals surface area (Å²) in [5, 5.41) is 6.81. The molecule has 0 bridgehead atoms. The number of aromatic nitrogens is 2. The van der Waals surface area contributed by atoms with Crippen molar-refractivity contribution in [3.8, 4) is 0 Å². The smallest absolute Gasteiger partial charge is 0.321 e. The van der Waals surface area contributed by atoms with Gasteiger partial charge in [0.25, 0.3) is 0 Å². The Labute approximate surface area is 81.5 Å². The number of nitrogens with zero attached hydrogens (tertiary/aromatic N) is 2. The van der Waals surface area contributed by atoms with E-state index in [0.717, 1.165) is 12.2 Å². The maximum atomic E-state index is 5.01. The average Bonchev–Trinajstić information content (AvgIpc) is 2.72. The number of anilines is 1. The molecule has 1 aromatic rings. The molecule has 0 aliphatic carbocycles. The first kappa shape index (κ1) is 8.87. The van der Waals surface area contributed by atoms with Crippen molar-refractivity contribution in [3.05, 3.63) is 5.82 Å². The molecule has 2 rings (SSSR count). The van der Waals surface area contributed by atoms with E-state index in [0.29, 0.717) is 6.01 Å². The predicted molar refractivity (Wildman–Crippen MR) is 52.9 cm³/mol. The van der Waals surface area contributed by atoms with Crippen LogP contribution in [0.25, 0.3) is 0 Å². The summed E-state index contributed by atoms with van der Waals surface area (Å²) in [5.41, 5.74) is 0. The zero-order chi connectivity index (χ0) is 9.31. The Balaban J connectivity index is 2.23. The van der Waals surface area contributed by atoms with Gasteiger partial charge in [0.2, 0.25) is 0 Å². The molecule has 2 heterocycles. The quantitative estimate of drug-likeness (QED) is 0.787. The molecule has 0 amide bonds. The van der Waals surface area contributed by atoms with Gasteiger partial charge in [-0.1, -0.05) is 5.16 Å². The Hall–Kier alpha value is -0.710. The number of thioether (sulfide) groups is 1. The molecule has 13 heavy (non-hydrogen) atoms. The number of nitrogens with one attached hydrogen (secondary N) is 1. The van der Waals surface area contributed by atoms with E-state index in [1.54, 1.807) is 7.05 Å². The molecular weight excluding hydrogens is 186 g/mol. The molecule has 0 radical (unpaired) electrons. The summed E-state index contributed by atoms with van der Waals surface area (Å²) in [6.07, 6.45) is 2.38. The summed E-state index contributed by atoms with van der Waals surface area (Å²) in [5.74, 6) is 2.01. The van der Waals surface area contributed by atoms with Gasteiger partial charge in [0.1, 0.15) is 0 Å². The molecule has 0 spiro atoms.